The molecule has 1 nitrogen and oxygen atoms in total. The van der Waals surface area contributed by atoms with Gasteiger partial charge in [0.1, 0.15) is 5.82 Å². The summed E-state index contributed by atoms with van der Waals surface area (Å²) in [6.45, 7) is 2.98. The second-order valence-electron chi connectivity index (χ2n) is 3.36. The Balaban J connectivity index is 2.30. The van der Waals surface area contributed by atoms with E-state index in [4.69, 9.17) is 0 Å². The number of hydrogen-bond acceptors (Lipinski definition) is 1. The van der Waals surface area contributed by atoms with Gasteiger partial charge >= 0.3 is 0 Å². The third-order valence-corrected chi connectivity index (χ3v) is 2.29. The molecule has 1 N–H and O–H groups in total. The van der Waals surface area contributed by atoms with Gasteiger partial charge in [-0.1, -0.05) is 6.07 Å². The van der Waals surface area contributed by atoms with Crippen LogP contribution in [0.1, 0.15) is 23.6 Å². The molecule has 1 aliphatic heterocycles. The highest BCUT2D eigenvalue weighted by molar-refractivity contribution is 5.27. The first-order chi connectivity index (χ1) is 5.75. The number of nitrogens with one attached hydrogen (secondary N) is 1. The molecule has 2 heteroatoms. The molecule has 0 aromatic heterocycles. The Labute approximate surface area is 71.6 Å². The molecule has 1 fully saturated rings. The van der Waals surface area contributed by atoms with Crippen LogP contribution in [0.2, 0.25) is 0 Å². The van der Waals surface area contributed by atoms with E-state index in [2.05, 4.69) is 5.32 Å². The standard InChI is InChI=1S/C10H12FN/c1-7-4-8(6-9(11)5-7)10-2-3-12-10/h4-6,10,12H,2-3H2,1H3/t10-/m0/s1. The molecule has 0 spiro atoms. The highest BCUT2D eigenvalue weighted by atomic mass is 19.1. The topological polar surface area (TPSA) is 12.0 Å². The Bertz CT molecular complexity index is 272. The molecule has 0 amide bonds. The van der Waals surface area contributed by atoms with E-state index in [0.29, 0.717) is 6.04 Å². The average molecular weight is 165 g/mol. The van der Waals surface area contributed by atoms with Crippen LogP contribution < -0.4 is 5.32 Å². The van der Waals surface area contributed by atoms with Crippen LogP contribution in [-0.2, 0) is 0 Å². The van der Waals surface area contributed by atoms with Gasteiger partial charge in [0, 0.05) is 6.04 Å². The van der Waals surface area contributed by atoms with Crippen molar-refractivity contribution in [3.8, 4) is 0 Å². The van der Waals surface area contributed by atoms with Crippen LogP contribution in [0, 0.1) is 12.7 Å². The van der Waals surface area contributed by atoms with Crippen LogP contribution in [0.25, 0.3) is 0 Å². The molecule has 1 aliphatic rings. The summed E-state index contributed by atoms with van der Waals surface area (Å²) in [5, 5.41) is 3.25. The molecule has 0 aliphatic carbocycles. The van der Waals surface area contributed by atoms with Crippen LogP contribution in [-0.4, -0.2) is 6.54 Å². The lowest BCUT2D eigenvalue weighted by Crippen LogP contribution is -2.34. The van der Waals surface area contributed by atoms with Crippen molar-refractivity contribution < 1.29 is 4.39 Å². The van der Waals surface area contributed by atoms with E-state index >= 15 is 0 Å². The Morgan fingerprint density at radius 3 is 2.67 bits per heavy atom. The molecule has 1 saturated heterocycles. The monoisotopic (exact) mass is 165 g/mol. The van der Waals surface area contributed by atoms with Crippen LogP contribution in [0.4, 0.5) is 4.39 Å². The highest BCUT2D eigenvalue weighted by Crippen LogP contribution is 2.24. The van der Waals surface area contributed by atoms with Crippen molar-refractivity contribution in [1.29, 1.82) is 0 Å². The molecular formula is C10H12FN. The van der Waals surface area contributed by atoms with Crippen molar-refractivity contribution in [1.82, 2.24) is 5.32 Å². The van der Waals surface area contributed by atoms with E-state index in [1.54, 1.807) is 12.1 Å². The van der Waals surface area contributed by atoms with Crippen molar-refractivity contribution in [3.63, 3.8) is 0 Å². The van der Waals surface area contributed by atoms with Crippen LogP contribution in [0.3, 0.4) is 0 Å². The van der Waals surface area contributed by atoms with Crippen LogP contribution in [0.15, 0.2) is 18.2 Å². The third kappa shape index (κ3) is 1.34. The summed E-state index contributed by atoms with van der Waals surface area (Å²) < 4.78 is 12.9. The largest absolute Gasteiger partial charge is 0.310 e. The molecule has 0 unspecified atom stereocenters. The zero-order valence-corrected chi connectivity index (χ0v) is 7.10. The van der Waals surface area contributed by atoms with Gasteiger partial charge in [-0.3, -0.25) is 0 Å². The number of hydrogen-bond donors (Lipinski definition) is 1. The van der Waals surface area contributed by atoms with Gasteiger partial charge in [0.05, 0.1) is 0 Å². The van der Waals surface area contributed by atoms with E-state index in [9.17, 15) is 4.39 Å². The zero-order chi connectivity index (χ0) is 8.55. The quantitative estimate of drug-likeness (QED) is 0.672. The normalized spacial score (nSPS) is 22.0. The summed E-state index contributed by atoms with van der Waals surface area (Å²) in [5.41, 5.74) is 2.08. The zero-order valence-electron chi connectivity index (χ0n) is 7.10. The fourth-order valence-corrected chi connectivity index (χ4v) is 1.54. The maximum atomic E-state index is 12.9. The van der Waals surface area contributed by atoms with E-state index < -0.39 is 0 Å². The number of rotatable bonds is 1. The summed E-state index contributed by atoms with van der Waals surface area (Å²) in [7, 11) is 0. The molecule has 1 aromatic carbocycles. The number of halogens is 1. The summed E-state index contributed by atoms with van der Waals surface area (Å²) in [6.07, 6.45) is 1.13. The van der Waals surface area contributed by atoms with Gasteiger partial charge in [-0.05, 0) is 43.1 Å². The minimum atomic E-state index is -0.126. The molecule has 2 rings (SSSR count). The molecule has 12 heavy (non-hydrogen) atoms. The van der Waals surface area contributed by atoms with Crippen LogP contribution >= 0.6 is 0 Å². The number of benzene rings is 1. The molecule has 1 atom stereocenters. The van der Waals surface area contributed by atoms with E-state index in [0.717, 1.165) is 24.1 Å². The van der Waals surface area contributed by atoms with Gasteiger partial charge in [0.2, 0.25) is 0 Å². The smallest absolute Gasteiger partial charge is 0.123 e. The second kappa shape index (κ2) is 2.87. The first-order valence-electron chi connectivity index (χ1n) is 4.26. The van der Waals surface area contributed by atoms with Gasteiger partial charge in [0.15, 0.2) is 0 Å². The van der Waals surface area contributed by atoms with Gasteiger partial charge in [0.25, 0.3) is 0 Å². The highest BCUT2D eigenvalue weighted by Gasteiger charge is 2.18. The molecule has 64 valence electrons. The molecule has 0 saturated carbocycles. The van der Waals surface area contributed by atoms with Gasteiger partial charge in [-0.25, -0.2) is 4.39 Å². The van der Waals surface area contributed by atoms with Crippen molar-refractivity contribution in [2.75, 3.05) is 6.54 Å². The minimum absolute atomic E-state index is 0.126. The van der Waals surface area contributed by atoms with E-state index in [-0.39, 0.29) is 5.82 Å². The third-order valence-electron chi connectivity index (χ3n) is 2.29. The predicted octanol–water partition coefficient (Wildman–Crippen LogP) is 2.17. The van der Waals surface area contributed by atoms with E-state index in [1.165, 1.54) is 0 Å². The summed E-state index contributed by atoms with van der Waals surface area (Å²) in [4.78, 5) is 0. The van der Waals surface area contributed by atoms with Crippen molar-refractivity contribution in [3.05, 3.63) is 35.1 Å². The average Bonchev–Trinajstić information content (AvgIpc) is 1.79. The second-order valence-corrected chi connectivity index (χ2v) is 3.36. The lowest BCUT2D eigenvalue weighted by molar-refractivity contribution is 0.381. The van der Waals surface area contributed by atoms with Crippen molar-refractivity contribution in [2.24, 2.45) is 0 Å². The van der Waals surface area contributed by atoms with E-state index in [1.807, 2.05) is 13.0 Å². The maximum Gasteiger partial charge on any atom is 0.123 e. The fourth-order valence-electron chi connectivity index (χ4n) is 1.54. The molecule has 0 radical (unpaired) electrons. The Hall–Kier alpha value is -0.890. The molecule has 0 bridgehead atoms. The van der Waals surface area contributed by atoms with Crippen molar-refractivity contribution >= 4 is 0 Å². The first kappa shape index (κ1) is 7.74. The first-order valence-corrected chi connectivity index (χ1v) is 4.26. The Kier molecular flexibility index (Phi) is 1.85. The lowest BCUT2D eigenvalue weighted by Gasteiger charge is -2.28. The Morgan fingerprint density at radius 1 is 1.42 bits per heavy atom. The Morgan fingerprint density at radius 2 is 2.17 bits per heavy atom. The van der Waals surface area contributed by atoms with Crippen molar-refractivity contribution in [2.45, 2.75) is 19.4 Å². The summed E-state index contributed by atoms with van der Waals surface area (Å²) in [6, 6.07) is 5.60. The maximum absolute atomic E-state index is 12.9. The van der Waals surface area contributed by atoms with Crippen LogP contribution in [0.5, 0.6) is 0 Å². The molecular weight excluding hydrogens is 153 g/mol. The minimum Gasteiger partial charge on any atom is -0.310 e. The summed E-state index contributed by atoms with van der Waals surface area (Å²) in [5.74, 6) is -0.126. The SMILES string of the molecule is Cc1cc(F)cc([C@@H]2CCN2)c1. The van der Waals surface area contributed by atoms with Gasteiger partial charge in [-0.15, -0.1) is 0 Å². The number of aryl methyl sites for hydroxylation is 1. The predicted molar refractivity (Wildman–Crippen MR) is 46.5 cm³/mol. The summed E-state index contributed by atoms with van der Waals surface area (Å²) >= 11 is 0. The van der Waals surface area contributed by atoms with Gasteiger partial charge in [-0.2, -0.15) is 0 Å². The molecule has 1 aromatic rings. The fraction of sp³-hybridized carbons (Fsp3) is 0.400. The lowest BCUT2D eigenvalue weighted by atomic mass is 9.96. The molecule has 1 heterocycles. The van der Waals surface area contributed by atoms with Gasteiger partial charge < -0.3 is 5.32 Å².